The molecule has 4 heteroatoms. The number of nitrogens with one attached hydrogen (secondary N) is 1. The van der Waals surface area contributed by atoms with Gasteiger partial charge in [0.05, 0.1) is 10.7 Å². The van der Waals surface area contributed by atoms with E-state index in [1.165, 1.54) is 5.56 Å². The van der Waals surface area contributed by atoms with E-state index in [2.05, 4.69) is 56.2 Å². The Bertz CT molecular complexity index is 540. The summed E-state index contributed by atoms with van der Waals surface area (Å²) >= 11 is 13.0. The number of benzene rings is 2. The summed E-state index contributed by atoms with van der Waals surface area (Å²) in [5.74, 6) is 0. The molecule has 18 heavy (non-hydrogen) atoms. The Balaban J connectivity index is 2.18. The first kappa shape index (κ1) is 13.9. The maximum atomic E-state index is 6.16. The van der Waals surface area contributed by atoms with Gasteiger partial charge in [-0.15, -0.1) is 0 Å². The topological polar surface area (TPSA) is 12.0 Å². The molecule has 0 aromatic heterocycles. The van der Waals surface area contributed by atoms with Crippen LogP contribution in [0.3, 0.4) is 0 Å². The van der Waals surface area contributed by atoms with Gasteiger partial charge in [-0.25, -0.2) is 0 Å². The van der Waals surface area contributed by atoms with Gasteiger partial charge in [0.25, 0.3) is 0 Å². The van der Waals surface area contributed by atoms with Gasteiger partial charge >= 0.3 is 0 Å². The zero-order chi connectivity index (χ0) is 13.1. The van der Waals surface area contributed by atoms with Crippen molar-refractivity contribution in [3.05, 3.63) is 62.0 Å². The molecule has 0 heterocycles. The van der Waals surface area contributed by atoms with Crippen molar-refractivity contribution in [3.8, 4) is 0 Å². The first-order valence-electron chi connectivity index (χ1n) is 5.53. The third kappa shape index (κ3) is 3.50. The highest BCUT2D eigenvalue weighted by molar-refractivity contribution is 9.10. The molecule has 1 atom stereocenters. The number of halogens is 3. The predicted octanol–water partition coefficient (Wildman–Crippen LogP) is 6.04. The van der Waals surface area contributed by atoms with Crippen LogP contribution >= 0.6 is 43.5 Å². The largest absolute Gasteiger partial charge is 0.377 e. The zero-order valence-corrected chi connectivity index (χ0v) is 13.7. The van der Waals surface area contributed by atoms with Crippen molar-refractivity contribution in [1.29, 1.82) is 0 Å². The van der Waals surface area contributed by atoms with Crippen LogP contribution in [0.25, 0.3) is 0 Å². The minimum absolute atomic E-state index is 0.199. The second kappa shape index (κ2) is 6.09. The quantitative estimate of drug-likeness (QED) is 0.675. The van der Waals surface area contributed by atoms with Crippen molar-refractivity contribution >= 4 is 49.1 Å². The van der Waals surface area contributed by atoms with Gasteiger partial charge in [-0.3, -0.25) is 0 Å². The highest BCUT2D eigenvalue weighted by atomic mass is 79.9. The van der Waals surface area contributed by atoms with Crippen molar-refractivity contribution in [1.82, 2.24) is 0 Å². The lowest BCUT2D eigenvalue weighted by atomic mass is 10.1. The molecule has 0 saturated carbocycles. The molecule has 1 unspecified atom stereocenters. The van der Waals surface area contributed by atoms with Gasteiger partial charge in [0.1, 0.15) is 0 Å². The third-order valence-corrected chi connectivity index (χ3v) is 4.02. The summed E-state index contributed by atoms with van der Waals surface area (Å²) < 4.78 is 2.09. The molecular weight excluding hydrogens is 377 g/mol. The molecule has 1 N–H and O–H groups in total. The van der Waals surface area contributed by atoms with Gasteiger partial charge in [-0.1, -0.05) is 55.6 Å². The summed E-state index contributed by atoms with van der Waals surface area (Å²) in [5, 5.41) is 4.13. The maximum Gasteiger partial charge on any atom is 0.0638 e. The molecule has 0 aliphatic rings. The summed E-state index contributed by atoms with van der Waals surface area (Å²) in [4.78, 5) is 0. The highest BCUT2D eigenvalue weighted by Crippen LogP contribution is 2.29. The van der Waals surface area contributed by atoms with E-state index in [0.717, 1.165) is 19.7 Å². The smallest absolute Gasteiger partial charge is 0.0638 e. The maximum absolute atomic E-state index is 6.16. The molecule has 1 nitrogen and oxygen atoms in total. The molecule has 0 aliphatic carbocycles. The number of hydrogen-bond donors (Lipinski definition) is 1. The van der Waals surface area contributed by atoms with Gasteiger partial charge in [0.2, 0.25) is 0 Å². The minimum Gasteiger partial charge on any atom is -0.377 e. The fraction of sp³-hybridized carbons (Fsp3) is 0.143. The average Bonchev–Trinajstić information content (AvgIpc) is 2.34. The van der Waals surface area contributed by atoms with Crippen LogP contribution in [-0.2, 0) is 0 Å². The van der Waals surface area contributed by atoms with Crippen molar-refractivity contribution in [3.63, 3.8) is 0 Å². The molecule has 0 saturated heterocycles. The highest BCUT2D eigenvalue weighted by Gasteiger charge is 2.08. The molecule has 0 aliphatic heterocycles. The number of rotatable bonds is 3. The van der Waals surface area contributed by atoms with Crippen molar-refractivity contribution in [2.24, 2.45) is 0 Å². The van der Waals surface area contributed by atoms with Gasteiger partial charge in [-0.05, 0) is 42.8 Å². The Morgan fingerprint density at radius 3 is 2.28 bits per heavy atom. The van der Waals surface area contributed by atoms with Gasteiger partial charge < -0.3 is 5.32 Å². The lowest BCUT2D eigenvalue weighted by Gasteiger charge is -2.17. The number of anilines is 1. The molecule has 0 amide bonds. The second-order valence-corrected chi connectivity index (χ2v) is 6.28. The summed E-state index contributed by atoms with van der Waals surface area (Å²) in [6, 6.07) is 14.2. The molecule has 0 spiro atoms. The van der Waals surface area contributed by atoms with E-state index in [1.54, 1.807) is 0 Å². The van der Waals surface area contributed by atoms with Gasteiger partial charge in [-0.2, -0.15) is 0 Å². The fourth-order valence-electron chi connectivity index (χ4n) is 1.68. The van der Waals surface area contributed by atoms with Crippen molar-refractivity contribution in [2.45, 2.75) is 13.0 Å². The van der Waals surface area contributed by atoms with Crippen LogP contribution < -0.4 is 5.32 Å². The van der Waals surface area contributed by atoms with Crippen LogP contribution in [0.15, 0.2) is 51.4 Å². The Kier molecular flexibility index (Phi) is 4.71. The van der Waals surface area contributed by atoms with E-state index in [9.17, 15) is 0 Å². The lowest BCUT2D eigenvalue weighted by Crippen LogP contribution is -2.06. The van der Waals surface area contributed by atoms with E-state index in [4.69, 9.17) is 11.6 Å². The first-order valence-corrected chi connectivity index (χ1v) is 7.50. The Morgan fingerprint density at radius 2 is 1.61 bits per heavy atom. The summed E-state index contributed by atoms with van der Waals surface area (Å²) in [5.41, 5.74) is 2.15. The van der Waals surface area contributed by atoms with E-state index in [-0.39, 0.29) is 6.04 Å². The van der Waals surface area contributed by atoms with Gasteiger partial charge in [0, 0.05) is 15.0 Å². The predicted molar refractivity (Wildman–Crippen MR) is 85.3 cm³/mol. The third-order valence-electron chi connectivity index (χ3n) is 2.67. The van der Waals surface area contributed by atoms with E-state index < -0.39 is 0 Å². The molecule has 2 aromatic carbocycles. The molecule has 0 fully saturated rings. The minimum atomic E-state index is 0.199. The Labute approximate surface area is 129 Å². The molecule has 0 radical (unpaired) electrons. The van der Waals surface area contributed by atoms with Crippen LogP contribution in [0.2, 0.25) is 5.02 Å². The average molecular weight is 390 g/mol. The summed E-state index contributed by atoms with van der Waals surface area (Å²) in [6.45, 7) is 2.11. The molecule has 2 aromatic rings. The van der Waals surface area contributed by atoms with Gasteiger partial charge in [0.15, 0.2) is 0 Å². The summed E-state index contributed by atoms with van der Waals surface area (Å²) in [6.07, 6.45) is 0. The van der Waals surface area contributed by atoms with Crippen molar-refractivity contribution < 1.29 is 0 Å². The normalized spacial score (nSPS) is 12.2. The second-order valence-electron chi connectivity index (χ2n) is 4.04. The van der Waals surface area contributed by atoms with E-state index >= 15 is 0 Å². The van der Waals surface area contributed by atoms with Crippen LogP contribution in [0.4, 0.5) is 5.69 Å². The van der Waals surface area contributed by atoms with Crippen LogP contribution in [0.1, 0.15) is 18.5 Å². The lowest BCUT2D eigenvalue weighted by molar-refractivity contribution is 0.884. The SMILES string of the molecule is CC(Nc1cc(Br)ccc1Cl)c1ccc(Br)cc1. The van der Waals surface area contributed by atoms with Crippen LogP contribution in [0, 0.1) is 0 Å². The molecular formula is C14H12Br2ClN. The van der Waals surface area contributed by atoms with Crippen LogP contribution in [0.5, 0.6) is 0 Å². The molecule has 94 valence electrons. The zero-order valence-electron chi connectivity index (χ0n) is 9.75. The molecule has 2 rings (SSSR count). The fourth-order valence-corrected chi connectivity index (χ4v) is 2.47. The molecule has 0 bridgehead atoms. The first-order chi connectivity index (χ1) is 8.56. The Morgan fingerprint density at radius 1 is 1.00 bits per heavy atom. The Hall–Kier alpha value is -0.510. The van der Waals surface area contributed by atoms with E-state index in [1.807, 2.05) is 30.3 Å². The number of hydrogen-bond acceptors (Lipinski definition) is 1. The van der Waals surface area contributed by atoms with Crippen molar-refractivity contribution in [2.75, 3.05) is 5.32 Å². The standard InChI is InChI=1S/C14H12Br2ClN/c1-9(10-2-4-11(15)5-3-10)18-14-8-12(16)6-7-13(14)17/h2-9,18H,1H3. The van der Waals surface area contributed by atoms with E-state index in [0.29, 0.717) is 0 Å². The monoisotopic (exact) mass is 387 g/mol. The van der Waals surface area contributed by atoms with Crippen LogP contribution in [-0.4, -0.2) is 0 Å². The summed E-state index contributed by atoms with van der Waals surface area (Å²) in [7, 11) is 0.